The molecule has 3 nitrogen and oxygen atoms in total. The Morgan fingerprint density at radius 3 is 3.10 bits per heavy atom. The Labute approximate surface area is 63.5 Å². The van der Waals surface area contributed by atoms with Crippen LogP contribution in [-0.2, 0) is 4.79 Å². The van der Waals surface area contributed by atoms with Crippen molar-refractivity contribution in [2.24, 2.45) is 0 Å². The lowest BCUT2D eigenvalue weighted by atomic mass is 10.5. The molecule has 0 aromatic heterocycles. The molecular weight excluding hydrogens is 150 g/mol. The summed E-state index contributed by atoms with van der Waals surface area (Å²) in [7, 11) is 0. The molecular formula is C6H9NO2S. The average molecular weight is 159 g/mol. The molecule has 2 N–H and O–H groups in total. The maximum Gasteiger partial charge on any atom is 0.330 e. The molecule has 0 spiro atoms. The van der Waals surface area contributed by atoms with Gasteiger partial charge in [0.15, 0.2) is 0 Å². The Hall–Kier alpha value is -0.640. The molecule has 0 bridgehead atoms. The number of rotatable bonds is 1. The number of thioether (sulfide) groups is 1. The highest BCUT2D eigenvalue weighted by Crippen LogP contribution is 2.17. The van der Waals surface area contributed by atoms with E-state index in [1.807, 2.05) is 0 Å². The number of aliphatic carboxylic acids is 1. The van der Waals surface area contributed by atoms with Crippen LogP contribution < -0.4 is 5.32 Å². The van der Waals surface area contributed by atoms with Crippen LogP contribution in [0.2, 0.25) is 0 Å². The van der Waals surface area contributed by atoms with Crippen molar-refractivity contribution >= 4 is 17.7 Å². The van der Waals surface area contributed by atoms with E-state index in [0.29, 0.717) is 0 Å². The second-order valence-corrected chi connectivity index (χ2v) is 3.11. The van der Waals surface area contributed by atoms with E-state index in [9.17, 15) is 4.79 Å². The quantitative estimate of drug-likeness (QED) is 0.551. The minimum absolute atomic E-state index is 0.777. The molecule has 0 unspecified atom stereocenters. The molecule has 1 saturated heterocycles. The van der Waals surface area contributed by atoms with Crippen molar-refractivity contribution in [3.8, 4) is 0 Å². The molecule has 56 valence electrons. The minimum Gasteiger partial charge on any atom is -0.478 e. The highest BCUT2D eigenvalue weighted by molar-refractivity contribution is 8.03. The number of nitrogens with one attached hydrogen (secondary N) is 1. The minimum atomic E-state index is -0.878. The molecule has 1 rings (SSSR count). The molecule has 1 fully saturated rings. The van der Waals surface area contributed by atoms with Crippen LogP contribution in [0, 0.1) is 0 Å². The molecule has 0 amide bonds. The van der Waals surface area contributed by atoms with Gasteiger partial charge in [0.25, 0.3) is 0 Å². The highest BCUT2D eigenvalue weighted by atomic mass is 32.2. The zero-order valence-corrected chi connectivity index (χ0v) is 6.28. The zero-order valence-electron chi connectivity index (χ0n) is 5.46. The van der Waals surface area contributed by atoms with E-state index in [4.69, 9.17) is 5.11 Å². The normalized spacial score (nSPS) is 22.2. The zero-order chi connectivity index (χ0) is 7.40. The molecule has 0 aliphatic carbocycles. The number of hydrogen-bond donors (Lipinski definition) is 2. The van der Waals surface area contributed by atoms with Crippen molar-refractivity contribution in [1.82, 2.24) is 5.32 Å². The van der Waals surface area contributed by atoms with Gasteiger partial charge in [0, 0.05) is 12.3 Å². The number of hydrogen-bond acceptors (Lipinski definition) is 3. The van der Waals surface area contributed by atoms with Crippen LogP contribution in [0.25, 0.3) is 0 Å². The van der Waals surface area contributed by atoms with E-state index in [0.717, 1.165) is 23.7 Å². The predicted molar refractivity (Wildman–Crippen MR) is 40.8 cm³/mol. The fourth-order valence-corrected chi connectivity index (χ4v) is 1.62. The molecule has 1 heterocycles. The van der Waals surface area contributed by atoms with Gasteiger partial charge in [-0.2, -0.15) is 0 Å². The lowest BCUT2D eigenvalue weighted by Gasteiger charge is -2.14. The van der Waals surface area contributed by atoms with E-state index in [1.165, 1.54) is 6.08 Å². The third kappa shape index (κ3) is 2.31. The van der Waals surface area contributed by atoms with Crippen LogP contribution in [0.15, 0.2) is 11.1 Å². The molecule has 0 saturated carbocycles. The average Bonchev–Trinajstić information content (AvgIpc) is 1.88. The second-order valence-electron chi connectivity index (χ2n) is 1.98. The van der Waals surface area contributed by atoms with Gasteiger partial charge in [0.2, 0.25) is 0 Å². The molecule has 0 aromatic rings. The van der Waals surface area contributed by atoms with Crippen LogP contribution >= 0.6 is 11.8 Å². The lowest BCUT2D eigenvalue weighted by molar-refractivity contribution is -0.131. The summed E-state index contributed by atoms with van der Waals surface area (Å²) in [5.74, 6) is 0.142. The van der Waals surface area contributed by atoms with Gasteiger partial charge in [0.05, 0.1) is 11.1 Å². The van der Waals surface area contributed by atoms with Crippen molar-refractivity contribution in [3.63, 3.8) is 0 Å². The fraction of sp³-hybridized carbons (Fsp3) is 0.500. The Morgan fingerprint density at radius 2 is 2.60 bits per heavy atom. The first-order valence-corrected chi connectivity index (χ1v) is 4.09. The van der Waals surface area contributed by atoms with Crippen LogP contribution in [-0.4, -0.2) is 23.4 Å². The third-order valence-electron chi connectivity index (χ3n) is 1.13. The summed E-state index contributed by atoms with van der Waals surface area (Å²) in [5, 5.41) is 12.1. The van der Waals surface area contributed by atoms with Gasteiger partial charge in [-0.3, -0.25) is 0 Å². The van der Waals surface area contributed by atoms with Gasteiger partial charge >= 0.3 is 5.97 Å². The first kappa shape index (κ1) is 7.47. The number of carbonyl (C=O) groups is 1. The smallest absolute Gasteiger partial charge is 0.330 e. The van der Waals surface area contributed by atoms with Crippen molar-refractivity contribution in [2.45, 2.75) is 6.42 Å². The Kier molecular flexibility index (Phi) is 2.62. The van der Waals surface area contributed by atoms with Crippen LogP contribution in [0.3, 0.4) is 0 Å². The number of carboxylic acid groups (broad SMARTS) is 1. The monoisotopic (exact) mass is 159 g/mol. The SMILES string of the molecule is O=C(O)/C=C1/NCCCS1. The molecule has 10 heavy (non-hydrogen) atoms. The first-order valence-electron chi connectivity index (χ1n) is 3.10. The fourth-order valence-electron chi connectivity index (χ4n) is 0.722. The molecule has 1 aliphatic rings. The Morgan fingerprint density at radius 1 is 1.80 bits per heavy atom. The van der Waals surface area contributed by atoms with E-state index in [-0.39, 0.29) is 0 Å². The van der Waals surface area contributed by atoms with E-state index in [1.54, 1.807) is 11.8 Å². The van der Waals surface area contributed by atoms with Crippen molar-refractivity contribution in [3.05, 3.63) is 11.1 Å². The summed E-state index contributed by atoms with van der Waals surface area (Å²) in [5.41, 5.74) is 0. The summed E-state index contributed by atoms with van der Waals surface area (Å²) in [4.78, 5) is 10.1. The molecule has 0 aromatic carbocycles. The maximum absolute atomic E-state index is 10.1. The standard InChI is InChI=1S/C6H9NO2S/c8-6(9)4-5-7-2-1-3-10-5/h4,7H,1-3H2,(H,8,9)/b5-4-. The molecule has 4 heteroatoms. The predicted octanol–water partition coefficient (Wildman–Crippen LogP) is 0.639. The Bertz CT molecular complexity index is 159. The molecule has 0 atom stereocenters. The van der Waals surface area contributed by atoms with Crippen LogP contribution in [0.4, 0.5) is 0 Å². The third-order valence-corrected chi connectivity index (χ3v) is 2.20. The summed E-state index contributed by atoms with van der Waals surface area (Å²) < 4.78 is 0. The van der Waals surface area contributed by atoms with Crippen molar-refractivity contribution in [1.29, 1.82) is 0 Å². The second kappa shape index (κ2) is 3.51. The summed E-state index contributed by atoms with van der Waals surface area (Å²) >= 11 is 1.56. The number of carboxylic acids is 1. The van der Waals surface area contributed by atoms with Gasteiger partial charge in [-0.1, -0.05) is 0 Å². The van der Waals surface area contributed by atoms with Gasteiger partial charge in [-0.25, -0.2) is 4.79 Å². The van der Waals surface area contributed by atoms with Gasteiger partial charge in [-0.15, -0.1) is 11.8 Å². The molecule has 0 radical (unpaired) electrons. The topological polar surface area (TPSA) is 49.3 Å². The van der Waals surface area contributed by atoms with E-state index in [2.05, 4.69) is 5.32 Å². The summed E-state index contributed by atoms with van der Waals surface area (Å²) in [6.45, 7) is 0.895. The Balaban J connectivity index is 2.45. The molecule has 1 aliphatic heterocycles. The summed E-state index contributed by atoms with van der Waals surface area (Å²) in [6.07, 6.45) is 2.32. The van der Waals surface area contributed by atoms with Gasteiger partial charge in [0.1, 0.15) is 0 Å². The van der Waals surface area contributed by atoms with Crippen LogP contribution in [0.1, 0.15) is 6.42 Å². The highest BCUT2D eigenvalue weighted by Gasteiger charge is 2.05. The van der Waals surface area contributed by atoms with Crippen LogP contribution in [0.5, 0.6) is 0 Å². The van der Waals surface area contributed by atoms with Crippen molar-refractivity contribution < 1.29 is 9.90 Å². The van der Waals surface area contributed by atoms with E-state index < -0.39 is 5.97 Å². The van der Waals surface area contributed by atoms with Gasteiger partial charge in [-0.05, 0) is 6.42 Å². The van der Waals surface area contributed by atoms with E-state index >= 15 is 0 Å². The lowest BCUT2D eigenvalue weighted by Crippen LogP contribution is -2.19. The summed E-state index contributed by atoms with van der Waals surface area (Å²) in [6, 6.07) is 0. The largest absolute Gasteiger partial charge is 0.478 e. The first-order chi connectivity index (χ1) is 4.79. The maximum atomic E-state index is 10.1. The van der Waals surface area contributed by atoms with Crippen molar-refractivity contribution in [2.75, 3.05) is 12.3 Å². The van der Waals surface area contributed by atoms with Gasteiger partial charge < -0.3 is 10.4 Å².